The molecule has 1 saturated carbocycles. The SMILES string of the molecule is C[C@H](Sc1nnc(C2CC2)n1Cc1ccccc1)C(=O)NCc1ccc(F)cc1. The average Bonchev–Trinajstić information content (AvgIpc) is 3.51. The Bertz CT molecular complexity index is 970. The lowest BCUT2D eigenvalue weighted by molar-refractivity contribution is -0.120. The molecule has 1 aromatic heterocycles. The van der Waals surface area contributed by atoms with E-state index in [9.17, 15) is 9.18 Å². The van der Waals surface area contributed by atoms with Gasteiger partial charge in [-0.25, -0.2) is 4.39 Å². The Morgan fingerprint density at radius 2 is 1.86 bits per heavy atom. The fourth-order valence-corrected chi connectivity index (χ4v) is 3.97. The van der Waals surface area contributed by atoms with Crippen LogP contribution in [-0.4, -0.2) is 25.9 Å². The Labute approximate surface area is 173 Å². The maximum Gasteiger partial charge on any atom is 0.233 e. The molecule has 4 rings (SSSR count). The molecule has 1 atom stereocenters. The molecule has 1 N–H and O–H groups in total. The number of carbonyl (C=O) groups is 1. The molecule has 1 aliphatic rings. The molecular formula is C22H23FN4OS. The third kappa shape index (κ3) is 5.03. The van der Waals surface area contributed by atoms with Gasteiger partial charge in [0.25, 0.3) is 0 Å². The van der Waals surface area contributed by atoms with Gasteiger partial charge >= 0.3 is 0 Å². The van der Waals surface area contributed by atoms with E-state index >= 15 is 0 Å². The third-order valence-electron chi connectivity index (χ3n) is 4.90. The highest BCUT2D eigenvalue weighted by Crippen LogP contribution is 2.40. The third-order valence-corrected chi connectivity index (χ3v) is 5.98. The number of benzene rings is 2. The predicted molar refractivity (Wildman–Crippen MR) is 111 cm³/mol. The summed E-state index contributed by atoms with van der Waals surface area (Å²) in [6.07, 6.45) is 2.29. The summed E-state index contributed by atoms with van der Waals surface area (Å²) < 4.78 is 15.1. The van der Waals surface area contributed by atoms with Crippen molar-refractivity contribution < 1.29 is 9.18 Å². The van der Waals surface area contributed by atoms with Crippen molar-refractivity contribution in [1.82, 2.24) is 20.1 Å². The van der Waals surface area contributed by atoms with Crippen LogP contribution in [0.4, 0.5) is 4.39 Å². The molecule has 3 aromatic rings. The van der Waals surface area contributed by atoms with Gasteiger partial charge in [-0.2, -0.15) is 0 Å². The van der Waals surface area contributed by atoms with E-state index in [0.29, 0.717) is 19.0 Å². The number of rotatable bonds is 8. The van der Waals surface area contributed by atoms with E-state index in [0.717, 1.165) is 29.4 Å². The highest BCUT2D eigenvalue weighted by atomic mass is 32.2. The fraction of sp³-hybridized carbons (Fsp3) is 0.318. The van der Waals surface area contributed by atoms with Crippen LogP contribution in [0.15, 0.2) is 59.8 Å². The van der Waals surface area contributed by atoms with Gasteiger partial charge in [-0.1, -0.05) is 54.2 Å². The zero-order valence-corrected chi connectivity index (χ0v) is 17.0. The molecule has 1 aliphatic carbocycles. The highest BCUT2D eigenvalue weighted by molar-refractivity contribution is 8.00. The van der Waals surface area contributed by atoms with Crippen LogP contribution in [0.25, 0.3) is 0 Å². The molecule has 0 radical (unpaired) electrons. The first-order valence-corrected chi connectivity index (χ1v) is 10.6. The lowest BCUT2D eigenvalue weighted by atomic mass is 10.2. The van der Waals surface area contributed by atoms with Gasteiger partial charge in [-0.3, -0.25) is 4.79 Å². The van der Waals surface area contributed by atoms with E-state index in [1.165, 1.54) is 29.5 Å². The summed E-state index contributed by atoms with van der Waals surface area (Å²) in [7, 11) is 0. The molecule has 2 aromatic carbocycles. The Morgan fingerprint density at radius 1 is 1.14 bits per heavy atom. The summed E-state index contributed by atoms with van der Waals surface area (Å²) in [5, 5.41) is 12.1. The van der Waals surface area contributed by atoms with E-state index < -0.39 is 0 Å². The van der Waals surface area contributed by atoms with Gasteiger partial charge in [-0.05, 0) is 43.0 Å². The normalized spacial score (nSPS) is 14.6. The van der Waals surface area contributed by atoms with E-state index in [1.54, 1.807) is 12.1 Å². The summed E-state index contributed by atoms with van der Waals surface area (Å²) in [5.74, 6) is 1.12. The maximum atomic E-state index is 13.0. The van der Waals surface area contributed by atoms with E-state index in [-0.39, 0.29) is 17.0 Å². The minimum Gasteiger partial charge on any atom is -0.351 e. The number of aromatic nitrogens is 3. The Morgan fingerprint density at radius 3 is 2.55 bits per heavy atom. The topological polar surface area (TPSA) is 59.8 Å². The zero-order valence-electron chi connectivity index (χ0n) is 16.2. The second-order valence-corrected chi connectivity index (χ2v) is 8.60. The van der Waals surface area contributed by atoms with Gasteiger partial charge in [0, 0.05) is 12.5 Å². The van der Waals surface area contributed by atoms with E-state index in [2.05, 4.69) is 32.2 Å². The molecule has 1 heterocycles. The molecule has 0 unspecified atom stereocenters. The fourth-order valence-electron chi connectivity index (χ4n) is 3.09. The molecule has 1 fully saturated rings. The van der Waals surface area contributed by atoms with Crippen LogP contribution in [0.2, 0.25) is 0 Å². The Kier molecular flexibility index (Phi) is 5.94. The lowest BCUT2D eigenvalue weighted by Gasteiger charge is -2.14. The van der Waals surface area contributed by atoms with Crippen LogP contribution in [0.3, 0.4) is 0 Å². The van der Waals surface area contributed by atoms with Crippen LogP contribution in [0.1, 0.15) is 42.6 Å². The zero-order chi connectivity index (χ0) is 20.2. The molecule has 1 amide bonds. The summed E-state index contributed by atoms with van der Waals surface area (Å²) in [4.78, 5) is 12.5. The van der Waals surface area contributed by atoms with Gasteiger partial charge in [0.2, 0.25) is 5.91 Å². The number of nitrogens with zero attached hydrogens (tertiary/aromatic N) is 3. The van der Waals surface area contributed by atoms with Crippen LogP contribution in [0.5, 0.6) is 0 Å². The number of nitrogens with one attached hydrogen (secondary N) is 1. The molecule has 0 saturated heterocycles. The Balaban J connectivity index is 1.42. The van der Waals surface area contributed by atoms with Crippen molar-refractivity contribution in [2.75, 3.05) is 0 Å². The van der Waals surface area contributed by atoms with E-state index in [4.69, 9.17) is 0 Å². The molecule has 29 heavy (non-hydrogen) atoms. The highest BCUT2D eigenvalue weighted by Gasteiger charge is 2.31. The number of halogens is 1. The van der Waals surface area contributed by atoms with E-state index in [1.807, 2.05) is 25.1 Å². The van der Waals surface area contributed by atoms with Crippen LogP contribution < -0.4 is 5.32 Å². The van der Waals surface area contributed by atoms with Crippen molar-refractivity contribution in [2.45, 2.75) is 49.2 Å². The van der Waals surface area contributed by atoms with Crippen molar-refractivity contribution in [3.8, 4) is 0 Å². The second-order valence-electron chi connectivity index (χ2n) is 7.29. The summed E-state index contributed by atoms with van der Waals surface area (Å²) >= 11 is 1.42. The molecule has 0 aliphatic heterocycles. The molecule has 150 valence electrons. The van der Waals surface area contributed by atoms with Crippen molar-refractivity contribution in [3.05, 3.63) is 77.4 Å². The van der Waals surface area contributed by atoms with Crippen molar-refractivity contribution in [1.29, 1.82) is 0 Å². The first kappa shape index (κ1) is 19.6. The summed E-state index contributed by atoms with van der Waals surface area (Å²) in [5.41, 5.74) is 2.05. The van der Waals surface area contributed by atoms with Crippen LogP contribution in [0, 0.1) is 5.82 Å². The number of carbonyl (C=O) groups excluding carboxylic acids is 1. The van der Waals surface area contributed by atoms with Crippen molar-refractivity contribution in [2.24, 2.45) is 0 Å². The maximum absolute atomic E-state index is 13.0. The first-order chi connectivity index (χ1) is 14.1. The first-order valence-electron chi connectivity index (χ1n) is 9.76. The van der Waals surface area contributed by atoms with Crippen molar-refractivity contribution >= 4 is 17.7 Å². The Hall–Kier alpha value is -2.67. The minimum atomic E-state index is -0.318. The van der Waals surface area contributed by atoms with Gasteiger partial charge in [0.05, 0.1) is 11.8 Å². The quantitative estimate of drug-likeness (QED) is 0.567. The summed E-state index contributed by atoms with van der Waals surface area (Å²) in [6.45, 7) is 2.93. The minimum absolute atomic E-state index is 0.0819. The lowest BCUT2D eigenvalue weighted by Crippen LogP contribution is -2.30. The monoisotopic (exact) mass is 410 g/mol. The second kappa shape index (κ2) is 8.78. The molecular weight excluding hydrogens is 387 g/mol. The van der Waals surface area contributed by atoms with Gasteiger partial charge in [0.1, 0.15) is 11.6 Å². The standard InChI is InChI=1S/C22H23FN4OS/c1-15(21(28)24-13-16-7-11-19(23)12-8-16)29-22-26-25-20(18-9-10-18)27(22)14-17-5-3-2-4-6-17/h2-8,11-12,15,18H,9-10,13-14H2,1H3,(H,24,28)/t15-/m0/s1. The molecule has 0 bridgehead atoms. The van der Waals surface area contributed by atoms with Gasteiger partial charge in [0.15, 0.2) is 5.16 Å². The van der Waals surface area contributed by atoms with Gasteiger partial charge < -0.3 is 9.88 Å². The molecule has 0 spiro atoms. The number of hydrogen-bond acceptors (Lipinski definition) is 4. The van der Waals surface area contributed by atoms with Gasteiger partial charge in [-0.15, -0.1) is 10.2 Å². The predicted octanol–water partition coefficient (Wildman–Crippen LogP) is 4.14. The van der Waals surface area contributed by atoms with Crippen molar-refractivity contribution in [3.63, 3.8) is 0 Å². The number of hydrogen-bond donors (Lipinski definition) is 1. The molecule has 7 heteroatoms. The molecule has 5 nitrogen and oxygen atoms in total. The smallest absolute Gasteiger partial charge is 0.233 e. The summed E-state index contributed by atoms with van der Waals surface area (Å²) in [6, 6.07) is 16.4. The largest absolute Gasteiger partial charge is 0.351 e. The number of thioether (sulfide) groups is 1. The average molecular weight is 411 g/mol. The van der Waals surface area contributed by atoms with Crippen LogP contribution in [-0.2, 0) is 17.9 Å². The van der Waals surface area contributed by atoms with Crippen LogP contribution >= 0.6 is 11.8 Å². The number of amides is 1.